The Labute approximate surface area is 180 Å². The molecule has 7 heteroatoms. The van der Waals surface area contributed by atoms with Crippen molar-refractivity contribution in [2.75, 3.05) is 12.8 Å². The fraction of sp³-hybridized carbons (Fsp3) is 0.261. The Morgan fingerprint density at radius 2 is 2.00 bits per heavy atom. The molecule has 0 radical (unpaired) electrons. The molecular weight excluding hydrogens is 396 g/mol. The van der Waals surface area contributed by atoms with E-state index in [1.54, 1.807) is 18.0 Å². The van der Waals surface area contributed by atoms with Crippen molar-refractivity contribution < 1.29 is 9.59 Å². The topological polar surface area (TPSA) is 67.2 Å². The van der Waals surface area contributed by atoms with Gasteiger partial charge < -0.3 is 10.2 Å². The summed E-state index contributed by atoms with van der Waals surface area (Å²) in [4.78, 5) is 30.8. The maximum atomic E-state index is 12.7. The smallest absolute Gasteiger partial charge is 0.251 e. The number of benzene rings is 2. The van der Waals surface area contributed by atoms with Crippen molar-refractivity contribution in [1.82, 2.24) is 19.8 Å². The summed E-state index contributed by atoms with van der Waals surface area (Å²) in [5.41, 5.74) is 3.61. The molecule has 154 valence electrons. The van der Waals surface area contributed by atoms with Gasteiger partial charge in [0.2, 0.25) is 5.91 Å². The van der Waals surface area contributed by atoms with Crippen molar-refractivity contribution in [1.29, 1.82) is 0 Å². The summed E-state index contributed by atoms with van der Waals surface area (Å²) in [5.74, 6) is 0.0962. The monoisotopic (exact) mass is 420 g/mol. The van der Waals surface area contributed by atoms with Crippen LogP contribution in [-0.2, 0) is 17.9 Å². The molecule has 30 heavy (non-hydrogen) atoms. The second-order valence-corrected chi connectivity index (χ2v) is 8.03. The number of hydrogen-bond acceptors (Lipinski definition) is 4. The Morgan fingerprint density at radius 1 is 1.17 bits per heavy atom. The number of imidazole rings is 1. The van der Waals surface area contributed by atoms with E-state index in [0.29, 0.717) is 25.1 Å². The number of amides is 2. The summed E-state index contributed by atoms with van der Waals surface area (Å²) in [5, 5.41) is 3.87. The molecule has 1 aliphatic heterocycles. The number of carbonyl (C=O) groups is 2. The van der Waals surface area contributed by atoms with Gasteiger partial charge in [0, 0.05) is 49.7 Å². The number of nitrogens with zero attached hydrogens (tertiary/aromatic N) is 3. The largest absolute Gasteiger partial charge is 0.348 e. The number of hydrogen-bond donors (Lipinski definition) is 1. The Balaban J connectivity index is 1.41. The highest BCUT2D eigenvalue weighted by Crippen LogP contribution is 2.19. The number of likely N-dealkylation sites (tertiary alicyclic amines) is 1. The van der Waals surface area contributed by atoms with Crippen LogP contribution in [0, 0.1) is 0 Å². The van der Waals surface area contributed by atoms with Gasteiger partial charge in [0.05, 0.1) is 0 Å². The van der Waals surface area contributed by atoms with Crippen LogP contribution in [0.2, 0.25) is 0 Å². The van der Waals surface area contributed by atoms with Gasteiger partial charge in [-0.25, -0.2) is 4.98 Å². The van der Waals surface area contributed by atoms with E-state index >= 15 is 0 Å². The standard InChI is InChI=1S/C23H24N4O2S/c1-30-23-24-10-12-27(23)20-8-3-7-19(14-20)22(29)25-15-17-5-2-6-18(13-17)16-26-11-4-9-21(26)28/h2-3,5-8,10,12-14H,4,9,11,15-16H2,1H3,(H,25,29). The minimum atomic E-state index is -0.122. The van der Waals surface area contributed by atoms with Gasteiger partial charge in [0.1, 0.15) is 0 Å². The molecule has 0 saturated carbocycles. The molecule has 2 amide bonds. The summed E-state index contributed by atoms with van der Waals surface area (Å²) in [7, 11) is 0. The normalized spacial score (nSPS) is 13.6. The average Bonchev–Trinajstić information content (AvgIpc) is 3.41. The lowest BCUT2D eigenvalue weighted by molar-refractivity contribution is -0.128. The Hall–Kier alpha value is -3.06. The van der Waals surface area contributed by atoms with Gasteiger partial charge >= 0.3 is 0 Å². The number of carbonyl (C=O) groups excluding carboxylic acids is 2. The van der Waals surface area contributed by atoms with Crippen LogP contribution in [0.25, 0.3) is 5.69 Å². The molecule has 4 rings (SSSR count). The summed E-state index contributed by atoms with van der Waals surface area (Å²) in [6.45, 7) is 1.89. The lowest BCUT2D eigenvalue weighted by atomic mass is 10.1. The van der Waals surface area contributed by atoms with E-state index in [1.807, 2.05) is 64.4 Å². The second-order valence-electron chi connectivity index (χ2n) is 7.26. The maximum Gasteiger partial charge on any atom is 0.251 e. The van der Waals surface area contributed by atoms with Crippen molar-refractivity contribution in [3.63, 3.8) is 0 Å². The zero-order chi connectivity index (χ0) is 20.9. The minimum absolute atomic E-state index is 0.122. The molecule has 6 nitrogen and oxygen atoms in total. The minimum Gasteiger partial charge on any atom is -0.348 e. The van der Waals surface area contributed by atoms with Gasteiger partial charge in [-0.15, -0.1) is 0 Å². The molecule has 0 atom stereocenters. The maximum absolute atomic E-state index is 12.7. The molecule has 0 aliphatic carbocycles. The number of aromatic nitrogens is 2. The van der Waals surface area contributed by atoms with E-state index in [0.717, 1.165) is 34.9 Å². The molecule has 0 unspecified atom stereocenters. The highest BCUT2D eigenvalue weighted by molar-refractivity contribution is 7.98. The van der Waals surface area contributed by atoms with Gasteiger partial charge in [0.15, 0.2) is 5.16 Å². The molecule has 2 heterocycles. The average molecular weight is 421 g/mol. The van der Waals surface area contributed by atoms with Crippen LogP contribution in [0.15, 0.2) is 66.1 Å². The number of thioether (sulfide) groups is 1. The van der Waals surface area contributed by atoms with Gasteiger partial charge in [-0.2, -0.15) is 0 Å². The first-order valence-electron chi connectivity index (χ1n) is 9.95. The molecule has 0 spiro atoms. The first-order valence-corrected chi connectivity index (χ1v) is 11.2. The van der Waals surface area contributed by atoms with E-state index in [9.17, 15) is 9.59 Å². The van der Waals surface area contributed by atoms with Crippen LogP contribution < -0.4 is 5.32 Å². The Bertz CT molecular complexity index is 1060. The molecule has 1 fully saturated rings. The molecule has 1 N–H and O–H groups in total. The lowest BCUT2D eigenvalue weighted by Crippen LogP contribution is -2.24. The third-order valence-corrected chi connectivity index (χ3v) is 5.83. The van der Waals surface area contributed by atoms with Crippen LogP contribution >= 0.6 is 11.8 Å². The first kappa shape index (κ1) is 20.2. The van der Waals surface area contributed by atoms with Gasteiger partial charge in [-0.05, 0) is 42.0 Å². The molecule has 1 saturated heterocycles. The highest BCUT2D eigenvalue weighted by Gasteiger charge is 2.20. The van der Waals surface area contributed by atoms with Crippen LogP contribution in [0.3, 0.4) is 0 Å². The van der Waals surface area contributed by atoms with Gasteiger partial charge in [-0.3, -0.25) is 14.2 Å². The number of nitrogens with one attached hydrogen (secondary N) is 1. The summed E-state index contributed by atoms with van der Waals surface area (Å²) >= 11 is 1.56. The molecule has 0 bridgehead atoms. The van der Waals surface area contributed by atoms with Gasteiger partial charge in [0.25, 0.3) is 5.91 Å². The van der Waals surface area contributed by atoms with Crippen molar-refractivity contribution in [2.45, 2.75) is 31.1 Å². The van der Waals surface area contributed by atoms with E-state index in [4.69, 9.17) is 0 Å². The quantitative estimate of drug-likeness (QED) is 0.593. The van der Waals surface area contributed by atoms with Gasteiger partial charge in [-0.1, -0.05) is 42.1 Å². The SMILES string of the molecule is CSc1nccn1-c1cccc(C(=O)NCc2cccc(CN3CCCC3=O)c2)c1. The van der Waals surface area contributed by atoms with E-state index in [-0.39, 0.29) is 11.8 Å². The molecule has 3 aromatic rings. The summed E-state index contributed by atoms with van der Waals surface area (Å²) in [6.07, 6.45) is 7.20. The van der Waals surface area contributed by atoms with Crippen LogP contribution in [0.4, 0.5) is 0 Å². The van der Waals surface area contributed by atoms with Crippen LogP contribution in [0.5, 0.6) is 0 Å². The molecule has 1 aromatic heterocycles. The third kappa shape index (κ3) is 4.57. The fourth-order valence-corrected chi connectivity index (χ4v) is 4.18. The van der Waals surface area contributed by atoms with E-state index in [1.165, 1.54) is 0 Å². The zero-order valence-corrected chi connectivity index (χ0v) is 17.7. The van der Waals surface area contributed by atoms with Crippen LogP contribution in [-0.4, -0.2) is 39.1 Å². The molecular formula is C23H24N4O2S. The predicted octanol–water partition coefficient (Wildman–Crippen LogP) is 3.65. The van der Waals surface area contributed by atoms with Crippen molar-refractivity contribution >= 4 is 23.6 Å². The summed E-state index contributed by atoms with van der Waals surface area (Å²) < 4.78 is 1.96. The Morgan fingerprint density at radius 3 is 2.80 bits per heavy atom. The number of rotatable bonds is 7. The first-order chi connectivity index (χ1) is 14.6. The fourth-order valence-electron chi connectivity index (χ4n) is 3.65. The van der Waals surface area contributed by atoms with Crippen LogP contribution in [0.1, 0.15) is 34.3 Å². The van der Waals surface area contributed by atoms with E-state index in [2.05, 4.69) is 16.4 Å². The second kappa shape index (κ2) is 9.17. The van der Waals surface area contributed by atoms with Crippen molar-refractivity contribution in [3.8, 4) is 5.69 Å². The lowest BCUT2D eigenvalue weighted by Gasteiger charge is -2.16. The molecule has 2 aromatic carbocycles. The van der Waals surface area contributed by atoms with Crippen molar-refractivity contribution in [3.05, 3.63) is 77.6 Å². The van der Waals surface area contributed by atoms with Crippen molar-refractivity contribution in [2.24, 2.45) is 0 Å². The summed E-state index contributed by atoms with van der Waals surface area (Å²) in [6, 6.07) is 15.6. The highest BCUT2D eigenvalue weighted by atomic mass is 32.2. The predicted molar refractivity (Wildman–Crippen MR) is 118 cm³/mol. The molecule has 1 aliphatic rings. The third-order valence-electron chi connectivity index (χ3n) is 5.17. The zero-order valence-electron chi connectivity index (χ0n) is 16.9. The van der Waals surface area contributed by atoms with E-state index < -0.39 is 0 Å². The Kier molecular flexibility index (Phi) is 6.18.